The zero-order chi connectivity index (χ0) is 14.8. The van der Waals surface area contributed by atoms with E-state index in [0.717, 1.165) is 19.3 Å². The molecule has 0 atom stereocenters. The van der Waals surface area contributed by atoms with Crippen LogP contribution >= 0.6 is 12.4 Å². The average Bonchev–Trinajstić information content (AvgIpc) is 2.42. The molecule has 7 heteroatoms. The van der Waals surface area contributed by atoms with E-state index in [2.05, 4.69) is 4.72 Å². The molecule has 0 amide bonds. The zero-order valence-electron chi connectivity index (χ0n) is 12.0. The van der Waals surface area contributed by atoms with Crippen LogP contribution in [0.15, 0.2) is 30.3 Å². The van der Waals surface area contributed by atoms with Gasteiger partial charge in [-0.1, -0.05) is 36.8 Å². The first-order valence-electron chi connectivity index (χ1n) is 6.76. The van der Waals surface area contributed by atoms with E-state index in [1.54, 1.807) is 24.3 Å². The van der Waals surface area contributed by atoms with Gasteiger partial charge in [-0.05, 0) is 24.9 Å². The van der Waals surface area contributed by atoms with E-state index in [4.69, 9.17) is 5.73 Å². The van der Waals surface area contributed by atoms with E-state index in [1.807, 2.05) is 6.07 Å². The van der Waals surface area contributed by atoms with Crippen LogP contribution < -0.4 is 10.5 Å². The van der Waals surface area contributed by atoms with E-state index in [-0.39, 0.29) is 30.5 Å². The van der Waals surface area contributed by atoms with Crippen LogP contribution in [-0.4, -0.2) is 27.3 Å². The van der Waals surface area contributed by atoms with Crippen molar-refractivity contribution in [3.8, 4) is 0 Å². The van der Waals surface area contributed by atoms with Gasteiger partial charge in [0.1, 0.15) is 5.78 Å². The monoisotopic (exact) mass is 334 g/mol. The van der Waals surface area contributed by atoms with Gasteiger partial charge in [0.05, 0.1) is 12.3 Å². The van der Waals surface area contributed by atoms with Gasteiger partial charge < -0.3 is 5.73 Å². The second kappa shape index (κ2) is 10.7. The molecule has 0 fully saturated rings. The minimum absolute atomic E-state index is 0. The third-order valence-corrected chi connectivity index (χ3v) is 4.15. The average molecular weight is 335 g/mol. The molecular formula is C14H23ClN2O3S. The number of Topliss-reactive ketones (excluding diaryl/α,β-unsaturated/α-hetero) is 1. The van der Waals surface area contributed by atoms with E-state index in [0.29, 0.717) is 18.5 Å². The lowest BCUT2D eigenvalue weighted by atomic mass is 10.1. The van der Waals surface area contributed by atoms with E-state index >= 15 is 0 Å². The minimum atomic E-state index is -3.46. The summed E-state index contributed by atoms with van der Waals surface area (Å²) in [6.07, 6.45) is 2.95. The van der Waals surface area contributed by atoms with Crippen LogP contribution in [0, 0.1) is 0 Å². The molecule has 0 unspecified atom stereocenters. The minimum Gasteiger partial charge on any atom is -0.330 e. The van der Waals surface area contributed by atoms with Gasteiger partial charge in [0.25, 0.3) is 0 Å². The van der Waals surface area contributed by atoms with Crippen LogP contribution in [0.25, 0.3) is 0 Å². The van der Waals surface area contributed by atoms with E-state index in [1.165, 1.54) is 0 Å². The van der Waals surface area contributed by atoms with Crippen molar-refractivity contribution in [2.75, 3.05) is 13.1 Å². The summed E-state index contributed by atoms with van der Waals surface area (Å²) in [5.74, 6) is -0.187. The number of ketones is 1. The number of halogens is 1. The summed E-state index contributed by atoms with van der Waals surface area (Å²) in [5.41, 5.74) is 6.06. The molecule has 0 bridgehead atoms. The highest BCUT2D eigenvalue weighted by Crippen LogP contribution is 2.04. The molecule has 3 N–H and O–H groups in total. The first-order valence-corrected chi connectivity index (χ1v) is 8.42. The Kier molecular flexibility index (Phi) is 10.2. The van der Waals surface area contributed by atoms with E-state index in [9.17, 15) is 13.2 Å². The van der Waals surface area contributed by atoms with Crippen molar-refractivity contribution in [3.05, 3.63) is 35.9 Å². The number of hydrogen-bond donors (Lipinski definition) is 2. The number of benzene rings is 1. The van der Waals surface area contributed by atoms with Crippen molar-refractivity contribution in [3.63, 3.8) is 0 Å². The molecule has 0 heterocycles. The maximum atomic E-state index is 11.8. The molecule has 0 radical (unpaired) electrons. The second-order valence-electron chi connectivity index (χ2n) is 4.70. The maximum absolute atomic E-state index is 11.8. The van der Waals surface area contributed by atoms with Crippen LogP contribution in [-0.2, 0) is 20.6 Å². The Hall–Kier alpha value is -0.950. The SMILES string of the molecule is Cl.NCCCCCC(=O)CNS(=O)(=O)Cc1ccccc1. The Morgan fingerprint density at radius 1 is 1.10 bits per heavy atom. The summed E-state index contributed by atoms with van der Waals surface area (Å²) in [7, 11) is -3.46. The molecule has 0 saturated heterocycles. The quantitative estimate of drug-likeness (QED) is 0.636. The molecule has 1 rings (SSSR count). The van der Waals surface area contributed by atoms with Crippen molar-refractivity contribution < 1.29 is 13.2 Å². The largest absolute Gasteiger partial charge is 0.330 e. The smallest absolute Gasteiger partial charge is 0.216 e. The lowest BCUT2D eigenvalue weighted by Crippen LogP contribution is -2.30. The van der Waals surface area contributed by atoms with Crippen LogP contribution in [0.4, 0.5) is 0 Å². The number of sulfonamides is 1. The molecule has 0 spiro atoms. The Morgan fingerprint density at radius 3 is 2.38 bits per heavy atom. The normalized spacial score (nSPS) is 10.9. The highest BCUT2D eigenvalue weighted by atomic mass is 35.5. The summed E-state index contributed by atoms with van der Waals surface area (Å²) < 4.78 is 25.9. The van der Waals surface area contributed by atoms with Crippen LogP contribution in [0.1, 0.15) is 31.2 Å². The summed E-state index contributed by atoms with van der Waals surface area (Å²) in [6.45, 7) is 0.496. The van der Waals surface area contributed by atoms with Gasteiger partial charge in [-0.3, -0.25) is 4.79 Å². The van der Waals surface area contributed by atoms with Gasteiger partial charge in [0.2, 0.25) is 10.0 Å². The summed E-state index contributed by atoms with van der Waals surface area (Å²) >= 11 is 0. The zero-order valence-corrected chi connectivity index (χ0v) is 13.6. The maximum Gasteiger partial charge on any atom is 0.216 e. The Labute approximate surface area is 132 Å². The first-order chi connectivity index (χ1) is 9.53. The molecule has 1 aromatic carbocycles. The predicted octanol–water partition coefficient (Wildman–Crippen LogP) is 1.62. The highest BCUT2D eigenvalue weighted by Gasteiger charge is 2.13. The summed E-state index contributed by atoms with van der Waals surface area (Å²) in [4.78, 5) is 11.5. The van der Waals surface area contributed by atoms with Crippen molar-refractivity contribution >= 4 is 28.2 Å². The molecule has 0 saturated carbocycles. The van der Waals surface area contributed by atoms with Gasteiger partial charge in [-0.25, -0.2) is 13.1 Å². The molecule has 21 heavy (non-hydrogen) atoms. The van der Waals surface area contributed by atoms with Crippen molar-refractivity contribution in [2.24, 2.45) is 5.73 Å². The van der Waals surface area contributed by atoms with Crippen molar-refractivity contribution in [1.82, 2.24) is 4.72 Å². The number of nitrogens with two attached hydrogens (primary N) is 1. The molecule has 0 aliphatic heterocycles. The van der Waals surface area contributed by atoms with Crippen molar-refractivity contribution in [2.45, 2.75) is 31.4 Å². The topological polar surface area (TPSA) is 89.3 Å². The number of carbonyl (C=O) groups excluding carboxylic acids is 1. The standard InChI is InChI=1S/C14H22N2O3S.ClH/c15-10-6-2-5-9-14(17)11-16-20(18,19)12-13-7-3-1-4-8-13;/h1,3-4,7-8,16H,2,5-6,9-12,15H2;1H. The molecule has 0 aliphatic carbocycles. The van der Waals surface area contributed by atoms with Crippen LogP contribution in [0.3, 0.4) is 0 Å². The number of nitrogens with one attached hydrogen (secondary N) is 1. The first kappa shape index (κ1) is 20.1. The molecule has 5 nitrogen and oxygen atoms in total. The fourth-order valence-electron chi connectivity index (χ4n) is 1.77. The molecule has 120 valence electrons. The fraction of sp³-hybridized carbons (Fsp3) is 0.500. The van der Waals surface area contributed by atoms with Crippen LogP contribution in [0.5, 0.6) is 0 Å². The lowest BCUT2D eigenvalue weighted by Gasteiger charge is -2.06. The van der Waals surface area contributed by atoms with Gasteiger partial charge in [-0.2, -0.15) is 0 Å². The number of carbonyl (C=O) groups is 1. The number of unbranched alkanes of at least 4 members (excludes halogenated alkanes) is 2. The molecular weight excluding hydrogens is 312 g/mol. The Morgan fingerprint density at radius 2 is 1.76 bits per heavy atom. The Balaban J connectivity index is 0.00000400. The molecule has 0 aromatic heterocycles. The molecule has 1 aromatic rings. The number of hydrogen-bond acceptors (Lipinski definition) is 4. The third-order valence-electron chi connectivity index (χ3n) is 2.85. The lowest BCUT2D eigenvalue weighted by molar-refractivity contribution is -0.118. The number of rotatable bonds is 10. The third kappa shape index (κ3) is 9.57. The predicted molar refractivity (Wildman–Crippen MR) is 86.8 cm³/mol. The van der Waals surface area contributed by atoms with Crippen LogP contribution in [0.2, 0.25) is 0 Å². The summed E-state index contributed by atoms with van der Waals surface area (Å²) in [5, 5.41) is 0. The van der Waals surface area contributed by atoms with E-state index < -0.39 is 10.0 Å². The fourth-order valence-corrected chi connectivity index (χ4v) is 2.88. The highest BCUT2D eigenvalue weighted by molar-refractivity contribution is 7.88. The summed E-state index contributed by atoms with van der Waals surface area (Å²) in [6, 6.07) is 8.89. The van der Waals surface area contributed by atoms with Gasteiger partial charge in [0, 0.05) is 6.42 Å². The van der Waals surface area contributed by atoms with Gasteiger partial charge in [-0.15, -0.1) is 12.4 Å². The second-order valence-corrected chi connectivity index (χ2v) is 6.51. The van der Waals surface area contributed by atoms with Gasteiger partial charge in [0.15, 0.2) is 0 Å². The van der Waals surface area contributed by atoms with Crippen molar-refractivity contribution in [1.29, 1.82) is 0 Å². The Bertz CT molecular complexity index is 506. The molecule has 0 aliphatic rings. The van der Waals surface area contributed by atoms with Gasteiger partial charge >= 0.3 is 0 Å².